The second-order valence-electron chi connectivity index (χ2n) is 7.38. The molecule has 1 aromatic carbocycles. The number of hydrogen-bond donors (Lipinski definition) is 1. The van der Waals surface area contributed by atoms with E-state index in [0.29, 0.717) is 24.2 Å². The van der Waals surface area contributed by atoms with Gasteiger partial charge < -0.3 is 10.1 Å². The largest absolute Gasteiger partial charge is 0.451 e. The number of carbonyl (C=O) groups is 1. The predicted octanol–water partition coefficient (Wildman–Crippen LogP) is 5.77. The molecule has 0 unspecified atom stereocenters. The average Bonchev–Trinajstić information content (AvgIpc) is 2.57. The number of carbonyl (C=O) groups excluding carboxylic acids is 1. The van der Waals surface area contributed by atoms with Gasteiger partial charge in [-0.1, -0.05) is 24.6 Å². The molecule has 0 aliphatic heterocycles. The third kappa shape index (κ3) is 5.75. The summed E-state index contributed by atoms with van der Waals surface area (Å²) in [5.41, 5.74) is 0.833. The van der Waals surface area contributed by atoms with Gasteiger partial charge in [-0.15, -0.1) is 0 Å². The summed E-state index contributed by atoms with van der Waals surface area (Å²) in [5, 5.41) is 3.57. The summed E-state index contributed by atoms with van der Waals surface area (Å²) < 4.78 is 20.9. The summed E-state index contributed by atoms with van der Waals surface area (Å²) in [4.78, 5) is 15.7. The van der Waals surface area contributed by atoms with E-state index in [4.69, 9.17) is 16.3 Å². The Labute approximate surface area is 165 Å². The van der Waals surface area contributed by atoms with E-state index < -0.39 is 11.4 Å². The minimum atomic E-state index is -0.513. The van der Waals surface area contributed by atoms with Crippen molar-refractivity contribution in [3.8, 4) is 11.5 Å². The smallest absolute Gasteiger partial charge is 0.182 e. The molecule has 0 radical (unpaired) electrons. The van der Waals surface area contributed by atoms with Crippen LogP contribution < -0.4 is 10.1 Å². The minimum absolute atomic E-state index is 0.0237. The lowest BCUT2D eigenvalue weighted by atomic mass is 9.94. The standard InChI is InChI=1S/C21H26ClFN2O2/c1-6-18(25-21(4,5)11-14(3)26)16-9-10-17(22)20(19(16)23)27-15-8-7-13(2)24-12-15/h7-10,12,18,25H,6,11H2,1-5H3/t18-/m1/s1. The number of nitrogens with one attached hydrogen (secondary N) is 1. The second kappa shape index (κ2) is 8.81. The Morgan fingerprint density at radius 2 is 2.04 bits per heavy atom. The molecule has 27 heavy (non-hydrogen) atoms. The van der Waals surface area contributed by atoms with Gasteiger partial charge in [0.15, 0.2) is 11.6 Å². The van der Waals surface area contributed by atoms with E-state index >= 15 is 4.39 Å². The van der Waals surface area contributed by atoms with E-state index in [1.165, 1.54) is 6.20 Å². The molecule has 0 aliphatic carbocycles. The highest BCUT2D eigenvalue weighted by atomic mass is 35.5. The quantitative estimate of drug-likeness (QED) is 0.619. The zero-order chi connectivity index (χ0) is 20.2. The SMILES string of the molecule is CC[C@@H](NC(C)(C)CC(C)=O)c1ccc(Cl)c(Oc2ccc(C)nc2)c1F. The van der Waals surface area contributed by atoms with Crippen molar-refractivity contribution in [3.05, 3.63) is 52.6 Å². The summed E-state index contributed by atoms with van der Waals surface area (Å²) in [6.07, 6.45) is 2.53. The van der Waals surface area contributed by atoms with Crippen molar-refractivity contribution in [2.45, 2.75) is 59.0 Å². The normalized spacial score (nSPS) is 12.7. The van der Waals surface area contributed by atoms with Crippen molar-refractivity contribution in [2.75, 3.05) is 0 Å². The van der Waals surface area contributed by atoms with Gasteiger partial charge in [0.1, 0.15) is 11.5 Å². The van der Waals surface area contributed by atoms with Gasteiger partial charge in [-0.25, -0.2) is 4.39 Å². The molecule has 0 aliphatic rings. The number of ketones is 1. The number of hydrogen-bond acceptors (Lipinski definition) is 4. The number of pyridine rings is 1. The topological polar surface area (TPSA) is 51.2 Å². The molecule has 0 bridgehead atoms. The number of rotatable bonds is 8. The van der Waals surface area contributed by atoms with Crippen molar-refractivity contribution in [3.63, 3.8) is 0 Å². The van der Waals surface area contributed by atoms with Crippen LogP contribution in [-0.2, 0) is 4.79 Å². The van der Waals surface area contributed by atoms with Gasteiger partial charge in [0.2, 0.25) is 0 Å². The number of nitrogens with zero attached hydrogens (tertiary/aromatic N) is 1. The van der Waals surface area contributed by atoms with Crippen LogP contribution in [0.3, 0.4) is 0 Å². The molecule has 2 aromatic rings. The number of aromatic nitrogens is 1. The van der Waals surface area contributed by atoms with Crippen LogP contribution in [0.5, 0.6) is 11.5 Å². The third-order valence-electron chi connectivity index (χ3n) is 4.22. The van der Waals surface area contributed by atoms with Gasteiger partial charge in [0, 0.05) is 29.3 Å². The average molecular weight is 393 g/mol. The number of halogens is 2. The van der Waals surface area contributed by atoms with Crippen molar-refractivity contribution in [1.29, 1.82) is 0 Å². The lowest BCUT2D eigenvalue weighted by Gasteiger charge is -2.31. The molecule has 0 amide bonds. The van der Waals surface area contributed by atoms with Crippen LogP contribution in [0.2, 0.25) is 5.02 Å². The Hall–Kier alpha value is -1.98. The van der Waals surface area contributed by atoms with Gasteiger partial charge in [-0.05, 0) is 52.3 Å². The van der Waals surface area contributed by atoms with E-state index in [2.05, 4.69) is 10.3 Å². The number of Topliss-reactive ketones (excluding diaryl/α,β-unsaturated/α-hetero) is 1. The van der Waals surface area contributed by atoms with Gasteiger partial charge in [0.25, 0.3) is 0 Å². The summed E-state index contributed by atoms with van der Waals surface area (Å²) in [6, 6.07) is 6.50. The van der Waals surface area contributed by atoms with Crippen molar-refractivity contribution in [2.24, 2.45) is 0 Å². The van der Waals surface area contributed by atoms with E-state index in [9.17, 15) is 4.79 Å². The fraction of sp³-hybridized carbons (Fsp3) is 0.429. The Kier molecular flexibility index (Phi) is 6.95. The molecule has 4 nitrogen and oxygen atoms in total. The Morgan fingerprint density at radius 3 is 2.59 bits per heavy atom. The van der Waals surface area contributed by atoms with Crippen molar-refractivity contribution in [1.82, 2.24) is 10.3 Å². The molecule has 0 spiro atoms. The Bertz CT molecular complexity index is 807. The molecule has 0 saturated carbocycles. The maximum atomic E-state index is 15.2. The highest BCUT2D eigenvalue weighted by Crippen LogP contribution is 2.37. The molecule has 1 N–H and O–H groups in total. The minimum Gasteiger partial charge on any atom is -0.451 e. The van der Waals surface area contributed by atoms with Gasteiger partial charge in [-0.2, -0.15) is 0 Å². The highest BCUT2D eigenvalue weighted by molar-refractivity contribution is 6.32. The first-order chi connectivity index (χ1) is 12.6. The number of ether oxygens (including phenoxy) is 1. The van der Waals surface area contributed by atoms with Crippen LogP contribution in [0.25, 0.3) is 0 Å². The van der Waals surface area contributed by atoms with Crippen LogP contribution in [-0.4, -0.2) is 16.3 Å². The molecule has 0 saturated heterocycles. The molecule has 6 heteroatoms. The zero-order valence-electron chi connectivity index (χ0n) is 16.4. The van der Waals surface area contributed by atoms with Crippen LogP contribution in [0.4, 0.5) is 4.39 Å². The highest BCUT2D eigenvalue weighted by Gasteiger charge is 2.27. The van der Waals surface area contributed by atoms with Crippen molar-refractivity contribution < 1.29 is 13.9 Å². The second-order valence-corrected chi connectivity index (χ2v) is 7.79. The van der Waals surface area contributed by atoms with Crippen LogP contribution in [0.1, 0.15) is 57.8 Å². The number of benzene rings is 1. The summed E-state index contributed by atoms with van der Waals surface area (Å²) in [7, 11) is 0. The molecule has 2 rings (SSSR count). The molecule has 1 atom stereocenters. The monoisotopic (exact) mass is 392 g/mol. The summed E-state index contributed by atoms with van der Waals surface area (Å²) >= 11 is 6.18. The van der Waals surface area contributed by atoms with E-state index in [0.717, 1.165) is 5.69 Å². The summed E-state index contributed by atoms with van der Waals surface area (Å²) in [5.74, 6) is -0.0446. The number of aryl methyl sites for hydroxylation is 1. The van der Waals surface area contributed by atoms with Gasteiger partial charge in [0.05, 0.1) is 11.2 Å². The maximum Gasteiger partial charge on any atom is 0.182 e. The lowest BCUT2D eigenvalue weighted by Crippen LogP contribution is -2.43. The third-order valence-corrected chi connectivity index (χ3v) is 4.52. The molecule has 1 heterocycles. The molecule has 1 aromatic heterocycles. The molecular weight excluding hydrogens is 367 g/mol. The van der Waals surface area contributed by atoms with E-state index in [1.54, 1.807) is 31.2 Å². The first-order valence-corrected chi connectivity index (χ1v) is 9.36. The van der Waals surface area contributed by atoms with Crippen LogP contribution in [0, 0.1) is 12.7 Å². The zero-order valence-corrected chi connectivity index (χ0v) is 17.2. The molecule has 0 fully saturated rings. The first kappa shape index (κ1) is 21.3. The van der Waals surface area contributed by atoms with Gasteiger partial charge >= 0.3 is 0 Å². The molecule has 146 valence electrons. The van der Waals surface area contributed by atoms with E-state index in [1.807, 2.05) is 27.7 Å². The lowest BCUT2D eigenvalue weighted by molar-refractivity contribution is -0.118. The van der Waals surface area contributed by atoms with Crippen LogP contribution >= 0.6 is 11.6 Å². The maximum absolute atomic E-state index is 15.2. The molecular formula is C21H26ClFN2O2. The van der Waals surface area contributed by atoms with E-state index in [-0.39, 0.29) is 22.6 Å². The predicted molar refractivity (Wildman–Crippen MR) is 106 cm³/mol. The Balaban J connectivity index is 2.33. The van der Waals surface area contributed by atoms with Crippen molar-refractivity contribution >= 4 is 17.4 Å². The fourth-order valence-corrected chi connectivity index (χ4v) is 3.27. The summed E-state index contributed by atoms with van der Waals surface area (Å²) in [6.45, 7) is 9.23. The van der Waals surface area contributed by atoms with Gasteiger partial charge in [-0.3, -0.25) is 9.78 Å². The first-order valence-electron chi connectivity index (χ1n) is 8.98. The van der Waals surface area contributed by atoms with Crippen LogP contribution in [0.15, 0.2) is 30.5 Å². The Morgan fingerprint density at radius 1 is 1.33 bits per heavy atom. The fourth-order valence-electron chi connectivity index (χ4n) is 3.09.